The minimum absolute atomic E-state index is 0.170. The second-order valence-electron chi connectivity index (χ2n) is 10.1. The Hall–Kier alpha value is -4.49. The molecule has 0 saturated heterocycles. The van der Waals surface area contributed by atoms with Crippen molar-refractivity contribution in [2.24, 2.45) is 0 Å². The molecule has 7 heteroatoms. The minimum atomic E-state index is -0.647. The van der Waals surface area contributed by atoms with Gasteiger partial charge in [-0.25, -0.2) is 15.0 Å². The molecule has 0 unspecified atom stereocenters. The number of para-hydroxylation sites is 1. The van der Waals surface area contributed by atoms with Crippen molar-refractivity contribution in [1.82, 2.24) is 23.9 Å². The first-order valence-electron chi connectivity index (χ1n) is 12.5. The summed E-state index contributed by atoms with van der Waals surface area (Å²) in [5.41, 5.74) is 12.2. The van der Waals surface area contributed by atoms with Gasteiger partial charge in [0.15, 0.2) is 0 Å². The summed E-state index contributed by atoms with van der Waals surface area (Å²) in [7, 11) is 0. The summed E-state index contributed by atoms with van der Waals surface area (Å²) in [6.07, 6.45) is 4.95. The van der Waals surface area contributed by atoms with Gasteiger partial charge < -0.3 is 10.8 Å². The molecule has 3 heterocycles. The highest BCUT2D eigenvalue weighted by molar-refractivity contribution is 5.92. The van der Waals surface area contributed by atoms with Crippen molar-refractivity contribution < 1.29 is 5.11 Å². The molecule has 0 aliphatic heterocycles. The fraction of sp³-hybridized carbons (Fsp3) is 0.167. The van der Waals surface area contributed by atoms with Gasteiger partial charge in [0.05, 0.1) is 16.6 Å². The van der Waals surface area contributed by atoms with Gasteiger partial charge in [-0.15, -0.1) is 0 Å². The Morgan fingerprint density at radius 3 is 2.38 bits per heavy atom. The van der Waals surface area contributed by atoms with Crippen LogP contribution >= 0.6 is 0 Å². The average molecular weight is 487 g/mol. The van der Waals surface area contributed by atoms with Crippen molar-refractivity contribution in [2.45, 2.75) is 31.3 Å². The van der Waals surface area contributed by atoms with Crippen molar-refractivity contribution in [3.05, 3.63) is 97.1 Å². The van der Waals surface area contributed by atoms with Crippen LogP contribution in [0.5, 0.6) is 0 Å². The predicted octanol–water partition coefficient (Wildman–Crippen LogP) is 5.61. The van der Waals surface area contributed by atoms with Gasteiger partial charge in [-0.05, 0) is 44.0 Å². The average Bonchev–Trinajstić information content (AvgIpc) is 3.48. The maximum atomic E-state index is 10.3. The number of nitrogens with two attached hydrogens (primary N) is 1. The fourth-order valence-corrected chi connectivity index (χ4v) is 5.61. The van der Waals surface area contributed by atoms with E-state index in [9.17, 15) is 5.11 Å². The highest BCUT2D eigenvalue weighted by Crippen LogP contribution is 2.45. The van der Waals surface area contributed by atoms with E-state index in [1.54, 1.807) is 6.20 Å². The molecular formula is C30H26N6O. The van der Waals surface area contributed by atoms with E-state index in [1.807, 2.05) is 53.9 Å². The number of benzene rings is 3. The smallest absolute Gasteiger partial charge is 0.150 e. The number of rotatable bonds is 4. The zero-order valence-electron chi connectivity index (χ0n) is 20.4. The van der Waals surface area contributed by atoms with E-state index in [4.69, 9.17) is 15.7 Å². The van der Waals surface area contributed by atoms with Gasteiger partial charge in [-0.1, -0.05) is 54.6 Å². The summed E-state index contributed by atoms with van der Waals surface area (Å²) in [6.45, 7) is 1.87. The number of hydrogen-bond donors (Lipinski definition) is 2. The van der Waals surface area contributed by atoms with Crippen LogP contribution < -0.4 is 5.73 Å². The van der Waals surface area contributed by atoms with E-state index in [0.29, 0.717) is 18.7 Å². The number of anilines is 1. The Bertz CT molecular complexity index is 1760. The van der Waals surface area contributed by atoms with Crippen LogP contribution in [-0.4, -0.2) is 34.6 Å². The van der Waals surface area contributed by atoms with E-state index in [0.717, 1.165) is 50.7 Å². The van der Waals surface area contributed by atoms with Crippen LogP contribution in [0.1, 0.15) is 31.5 Å². The third-order valence-corrected chi connectivity index (χ3v) is 7.32. The Balaban J connectivity index is 1.43. The summed E-state index contributed by atoms with van der Waals surface area (Å²) < 4.78 is 4.22. The molecule has 1 fully saturated rings. The zero-order valence-corrected chi connectivity index (χ0v) is 20.4. The summed E-state index contributed by atoms with van der Waals surface area (Å²) in [6, 6.07) is 26.8. The number of aliphatic hydroxyl groups is 1. The molecule has 3 aromatic heterocycles. The molecule has 0 amide bonds. The van der Waals surface area contributed by atoms with Crippen LogP contribution in [0.4, 0.5) is 5.82 Å². The number of hydrogen-bond acceptors (Lipinski definition) is 5. The van der Waals surface area contributed by atoms with E-state index in [2.05, 4.69) is 52.0 Å². The van der Waals surface area contributed by atoms with Crippen molar-refractivity contribution in [3.8, 4) is 28.3 Å². The molecule has 182 valence electrons. The SMILES string of the molecule is C[C@]1(O)C[C@@H](c2nc(-c3ccc4c(c3)nc(-c3ccccc3)n4-c3ccccc3)c3c(N)nccn32)C1. The quantitative estimate of drug-likeness (QED) is 0.338. The third kappa shape index (κ3) is 3.50. The lowest BCUT2D eigenvalue weighted by Gasteiger charge is -2.40. The molecule has 0 bridgehead atoms. The zero-order chi connectivity index (χ0) is 25.1. The van der Waals surface area contributed by atoms with Gasteiger partial charge in [-0.2, -0.15) is 0 Å². The van der Waals surface area contributed by atoms with Crippen molar-refractivity contribution in [1.29, 1.82) is 0 Å². The molecule has 0 spiro atoms. The Morgan fingerprint density at radius 2 is 1.65 bits per heavy atom. The highest BCUT2D eigenvalue weighted by Gasteiger charge is 2.41. The van der Waals surface area contributed by atoms with Crippen LogP contribution in [0.15, 0.2) is 91.3 Å². The molecular weight excluding hydrogens is 460 g/mol. The Kier molecular flexibility index (Phi) is 4.71. The predicted molar refractivity (Wildman–Crippen MR) is 145 cm³/mol. The number of imidazole rings is 2. The van der Waals surface area contributed by atoms with Crippen LogP contribution in [0.3, 0.4) is 0 Å². The topological polar surface area (TPSA) is 94.3 Å². The summed E-state index contributed by atoms with van der Waals surface area (Å²) in [4.78, 5) is 14.5. The van der Waals surface area contributed by atoms with Crippen LogP contribution in [-0.2, 0) is 0 Å². The number of fused-ring (bicyclic) bond motifs is 2. The van der Waals surface area contributed by atoms with Gasteiger partial charge in [-0.3, -0.25) is 8.97 Å². The molecule has 7 nitrogen and oxygen atoms in total. The maximum absolute atomic E-state index is 10.3. The van der Waals surface area contributed by atoms with E-state index >= 15 is 0 Å². The van der Waals surface area contributed by atoms with Crippen molar-refractivity contribution in [2.75, 3.05) is 5.73 Å². The lowest BCUT2D eigenvalue weighted by Crippen LogP contribution is -2.40. The van der Waals surface area contributed by atoms with Crippen molar-refractivity contribution in [3.63, 3.8) is 0 Å². The van der Waals surface area contributed by atoms with Gasteiger partial charge >= 0.3 is 0 Å². The van der Waals surface area contributed by atoms with Crippen LogP contribution in [0.25, 0.3) is 44.9 Å². The second kappa shape index (κ2) is 8.01. The number of aromatic nitrogens is 5. The lowest BCUT2D eigenvalue weighted by atomic mass is 9.72. The minimum Gasteiger partial charge on any atom is -0.390 e. The first-order chi connectivity index (χ1) is 18.0. The maximum Gasteiger partial charge on any atom is 0.150 e. The van der Waals surface area contributed by atoms with Gasteiger partial charge in [0.2, 0.25) is 0 Å². The van der Waals surface area contributed by atoms with Crippen LogP contribution in [0.2, 0.25) is 0 Å². The van der Waals surface area contributed by atoms with Gasteiger partial charge in [0, 0.05) is 35.1 Å². The number of nitrogens with zero attached hydrogens (tertiary/aromatic N) is 5. The largest absolute Gasteiger partial charge is 0.390 e. The molecule has 7 rings (SSSR count). The summed E-state index contributed by atoms with van der Waals surface area (Å²) in [5, 5.41) is 10.3. The molecule has 1 aliphatic rings. The first kappa shape index (κ1) is 21.8. The normalized spacial score (nSPS) is 19.4. The lowest BCUT2D eigenvalue weighted by molar-refractivity contribution is -0.0335. The molecule has 6 aromatic rings. The molecule has 1 aliphatic carbocycles. The summed E-state index contributed by atoms with van der Waals surface area (Å²) >= 11 is 0. The molecule has 37 heavy (non-hydrogen) atoms. The number of nitrogen functional groups attached to an aromatic ring is 1. The Labute approximate surface area is 213 Å². The van der Waals surface area contributed by atoms with Gasteiger partial charge in [0.25, 0.3) is 0 Å². The highest BCUT2D eigenvalue weighted by atomic mass is 16.3. The van der Waals surface area contributed by atoms with Gasteiger partial charge in [0.1, 0.15) is 28.7 Å². The Morgan fingerprint density at radius 1 is 0.919 bits per heavy atom. The molecule has 3 aromatic carbocycles. The summed E-state index contributed by atoms with van der Waals surface area (Å²) in [5.74, 6) is 2.39. The fourth-order valence-electron chi connectivity index (χ4n) is 5.61. The monoisotopic (exact) mass is 486 g/mol. The third-order valence-electron chi connectivity index (χ3n) is 7.32. The molecule has 1 saturated carbocycles. The van der Waals surface area contributed by atoms with E-state index in [-0.39, 0.29) is 5.92 Å². The molecule has 0 atom stereocenters. The van der Waals surface area contributed by atoms with Crippen molar-refractivity contribution >= 4 is 22.4 Å². The second-order valence-corrected chi connectivity index (χ2v) is 10.1. The first-order valence-corrected chi connectivity index (χ1v) is 12.5. The molecule has 3 N–H and O–H groups in total. The standard InChI is InChI=1S/C30H26N6O/c1-30(37)17-21(18-30)28-34-25(26-27(31)32-14-15-35(26)28)20-12-13-24-23(16-20)33-29(19-8-4-2-5-9-19)36(24)22-10-6-3-7-11-22/h2-16,21,37H,17-18H2,1H3,(H2,31,32)/t21-,30+. The van der Waals surface area contributed by atoms with Crippen LogP contribution in [0, 0.1) is 0 Å². The van der Waals surface area contributed by atoms with E-state index < -0.39 is 5.60 Å². The molecule has 0 radical (unpaired) electrons. The van der Waals surface area contributed by atoms with E-state index in [1.165, 1.54) is 0 Å².